The topological polar surface area (TPSA) is 25.9 Å². The normalized spacial score (nSPS) is 10.9. The Morgan fingerprint density at radius 3 is 2.46 bits per heavy atom. The van der Waals surface area contributed by atoms with Crippen LogP contribution in [-0.4, -0.2) is 10.4 Å². The second kappa shape index (κ2) is 7.88. The molecule has 1 aromatic carbocycles. The lowest BCUT2D eigenvalue weighted by atomic mass is 10.1. The van der Waals surface area contributed by atoms with Crippen molar-refractivity contribution in [1.29, 1.82) is 0 Å². The molecule has 3 aromatic rings. The molecule has 0 spiro atoms. The number of hydrogen-bond acceptors (Lipinski definition) is 1. The Morgan fingerprint density at radius 2 is 1.81 bits per heavy atom. The van der Waals surface area contributed by atoms with Crippen molar-refractivity contribution in [3.63, 3.8) is 0 Å². The summed E-state index contributed by atoms with van der Waals surface area (Å²) >= 11 is 6.30. The molecule has 26 heavy (non-hydrogen) atoms. The van der Waals surface area contributed by atoms with Crippen molar-refractivity contribution in [3.05, 3.63) is 88.0 Å². The molecule has 0 fully saturated rings. The van der Waals surface area contributed by atoms with E-state index in [0.717, 1.165) is 34.0 Å². The van der Waals surface area contributed by atoms with E-state index in [-0.39, 0.29) is 5.78 Å². The summed E-state index contributed by atoms with van der Waals surface area (Å²) in [5.74, 6) is 0.123. The van der Waals surface area contributed by atoms with Crippen molar-refractivity contribution in [2.24, 2.45) is 0 Å². The number of hydrogen-bond donors (Lipinski definition) is 0. The fourth-order valence-electron chi connectivity index (χ4n) is 3.20. The number of halogens is 1. The molecule has 134 valence electrons. The van der Waals surface area contributed by atoms with Crippen LogP contribution in [0.2, 0.25) is 5.02 Å². The van der Waals surface area contributed by atoms with Crippen LogP contribution in [-0.2, 0) is 19.5 Å². The molecule has 0 unspecified atom stereocenters. The van der Waals surface area contributed by atoms with Crippen LogP contribution in [0, 0.1) is 13.8 Å². The third-order valence-corrected chi connectivity index (χ3v) is 5.22. The summed E-state index contributed by atoms with van der Waals surface area (Å²) in [6.07, 6.45) is 4.94. The summed E-state index contributed by atoms with van der Waals surface area (Å²) in [6, 6.07) is 13.9. The zero-order valence-corrected chi connectivity index (χ0v) is 16.3. The smallest absolute Gasteiger partial charge is 0.229 e. The molecule has 0 bridgehead atoms. The number of rotatable bonds is 6. The number of Topliss-reactive ketones (excluding diaryl/α,β-unsaturated/α-hetero) is 1. The van der Waals surface area contributed by atoms with E-state index in [1.54, 1.807) is 0 Å². The first kappa shape index (κ1) is 18.4. The first-order valence-corrected chi connectivity index (χ1v) is 9.28. The zero-order chi connectivity index (χ0) is 18.7. The number of nitrogens with zero attached hydrogens (tertiary/aromatic N) is 2. The third kappa shape index (κ3) is 3.88. The SMILES string of the molecule is CCc1cc[n+](CC(=O)c2cc(C)n(Cc3ccccc3Cl)c2C)cc1. The number of benzene rings is 1. The predicted octanol–water partition coefficient (Wildman–Crippen LogP) is 4.54. The quantitative estimate of drug-likeness (QED) is 0.464. The zero-order valence-electron chi connectivity index (χ0n) is 15.5. The molecule has 0 aliphatic rings. The van der Waals surface area contributed by atoms with Crippen LogP contribution >= 0.6 is 11.6 Å². The second-order valence-electron chi connectivity index (χ2n) is 6.62. The Labute approximate surface area is 159 Å². The molecular formula is C22H24ClN2O+. The van der Waals surface area contributed by atoms with Gasteiger partial charge in [-0.2, -0.15) is 4.57 Å². The number of ketones is 1. The van der Waals surface area contributed by atoms with Gasteiger partial charge in [0.25, 0.3) is 0 Å². The molecule has 0 radical (unpaired) electrons. The lowest BCUT2D eigenvalue weighted by Crippen LogP contribution is -2.37. The highest BCUT2D eigenvalue weighted by Gasteiger charge is 2.19. The van der Waals surface area contributed by atoms with E-state index in [1.165, 1.54) is 5.56 Å². The number of carbonyl (C=O) groups is 1. The van der Waals surface area contributed by atoms with Gasteiger partial charge in [0, 0.05) is 40.7 Å². The van der Waals surface area contributed by atoms with Crippen LogP contribution < -0.4 is 4.57 Å². The van der Waals surface area contributed by atoms with Gasteiger partial charge in [0.2, 0.25) is 12.3 Å². The molecule has 0 amide bonds. The minimum absolute atomic E-state index is 0.123. The summed E-state index contributed by atoms with van der Waals surface area (Å²) in [5.41, 5.74) is 5.16. The van der Waals surface area contributed by atoms with Crippen LogP contribution in [0.3, 0.4) is 0 Å². The summed E-state index contributed by atoms with van der Waals surface area (Å²) in [5, 5.41) is 0.749. The number of aryl methyl sites for hydroxylation is 2. The molecule has 3 rings (SSSR count). The van der Waals surface area contributed by atoms with E-state index in [1.807, 2.05) is 61.1 Å². The molecule has 0 aliphatic carbocycles. The van der Waals surface area contributed by atoms with Crippen molar-refractivity contribution in [2.45, 2.75) is 40.3 Å². The van der Waals surface area contributed by atoms with Gasteiger partial charge in [-0.1, -0.05) is 36.7 Å². The fourth-order valence-corrected chi connectivity index (χ4v) is 3.40. The van der Waals surface area contributed by atoms with Gasteiger partial charge in [-0.25, -0.2) is 0 Å². The van der Waals surface area contributed by atoms with Crippen molar-refractivity contribution < 1.29 is 9.36 Å². The van der Waals surface area contributed by atoms with E-state index in [2.05, 4.69) is 23.6 Å². The van der Waals surface area contributed by atoms with Crippen molar-refractivity contribution in [2.75, 3.05) is 0 Å². The molecule has 2 heterocycles. The molecule has 0 atom stereocenters. The molecule has 0 N–H and O–H groups in total. The van der Waals surface area contributed by atoms with Crippen molar-refractivity contribution >= 4 is 17.4 Å². The Morgan fingerprint density at radius 1 is 1.12 bits per heavy atom. The molecule has 2 aromatic heterocycles. The summed E-state index contributed by atoms with van der Waals surface area (Å²) in [4.78, 5) is 12.8. The van der Waals surface area contributed by atoms with E-state index >= 15 is 0 Å². The maximum atomic E-state index is 12.8. The number of carbonyl (C=O) groups excluding carboxylic acids is 1. The molecular weight excluding hydrogens is 344 g/mol. The molecule has 0 saturated heterocycles. The first-order chi connectivity index (χ1) is 12.5. The predicted molar refractivity (Wildman–Crippen MR) is 105 cm³/mol. The minimum atomic E-state index is 0.123. The van der Waals surface area contributed by atoms with Gasteiger partial charge in [-0.3, -0.25) is 4.79 Å². The van der Waals surface area contributed by atoms with Crippen LogP contribution in [0.15, 0.2) is 54.9 Å². The Kier molecular flexibility index (Phi) is 5.58. The lowest BCUT2D eigenvalue weighted by Gasteiger charge is -2.11. The molecule has 3 nitrogen and oxygen atoms in total. The van der Waals surface area contributed by atoms with Gasteiger partial charge in [-0.15, -0.1) is 0 Å². The van der Waals surface area contributed by atoms with Gasteiger partial charge < -0.3 is 4.57 Å². The fraction of sp³-hybridized carbons (Fsp3) is 0.273. The second-order valence-corrected chi connectivity index (χ2v) is 7.03. The maximum absolute atomic E-state index is 12.8. The van der Waals surface area contributed by atoms with Crippen LogP contribution in [0.4, 0.5) is 0 Å². The summed E-state index contributed by atoms with van der Waals surface area (Å²) in [7, 11) is 0. The minimum Gasteiger partial charge on any atom is -0.344 e. The van der Waals surface area contributed by atoms with E-state index in [4.69, 9.17) is 11.6 Å². The largest absolute Gasteiger partial charge is 0.344 e. The van der Waals surface area contributed by atoms with E-state index < -0.39 is 0 Å². The van der Waals surface area contributed by atoms with Gasteiger partial charge >= 0.3 is 0 Å². The Hall–Kier alpha value is -2.39. The van der Waals surface area contributed by atoms with E-state index in [9.17, 15) is 4.79 Å². The molecule has 0 saturated carbocycles. The Balaban J connectivity index is 1.82. The highest BCUT2D eigenvalue weighted by Crippen LogP contribution is 2.21. The average molecular weight is 368 g/mol. The highest BCUT2D eigenvalue weighted by molar-refractivity contribution is 6.31. The summed E-state index contributed by atoms with van der Waals surface area (Å²) < 4.78 is 4.08. The van der Waals surface area contributed by atoms with Crippen LogP contribution in [0.25, 0.3) is 0 Å². The molecule has 0 aliphatic heterocycles. The van der Waals surface area contributed by atoms with Gasteiger partial charge in [0.05, 0.1) is 0 Å². The lowest BCUT2D eigenvalue weighted by molar-refractivity contribution is -0.683. The van der Waals surface area contributed by atoms with Gasteiger partial charge in [0.15, 0.2) is 12.4 Å². The standard InChI is InChI=1S/C22H24ClN2O/c1-4-18-9-11-24(12-10-18)15-22(26)20-13-16(2)25(17(20)3)14-19-7-5-6-8-21(19)23/h5-13H,4,14-15H2,1-3H3/q+1. The maximum Gasteiger partial charge on any atom is 0.229 e. The first-order valence-electron chi connectivity index (χ1n) is 8.91. The number of pyridine rings is 1. The molecule has 4 heteroatoms. The van der Waals surface area contributed by atoms with Crippen molar-refractivity contribution in [1.82, 2.24) is 4.57 Å². The van der Waals surface area contributed by atoms with Crippen LogP contribution in [0.5, 0.6) is 0 Å². The van der Waals surface area contributed by atoms with E-state index in [0.29, 0.717) is 13.1 Å². The van der Waals surface area contributed by atoms with Gasteiger partial charge in [-0.05, 0) is 43.5 Å². The average Bonchev–Trinajstić information content (AvgIpc) is 2.92. The Bertz CT molecular complexity index is 926. The summed E-state index contributed by atoms with van der Waals surface area (Å²) in [6.45, 7) is 7.17. The highest BCUT2D eigenvalue weighted by atomic mass is 35.5. The number of aromatic nitrogens is 2. The monoisotopic (exact) mass is 367 g/mol. The van der Waals surface area contributed by atoms with Gasteiger partial charge in [0.1, 0.15) is 0 Å². The van der Waals surface area contributed by atoms with Crippen molar-refractivity contribution in [3.8, 4) is 0 Å². The third-order valence-electron chi connectivity index (χ3n) is 4.85. The van der Waals surface area contributed by atoms with Crippen LogP contribution in [0.1, 0.15) is 39.8 Å².